The van der Waals surface area contributed by atoms with Crippen molar-refractivity contribution in [3.8, 4) is 5.75 Å². The van der Waals surface area contributed by atoms with E-state index >= 15 is 0 Å². The third-order valence-electron chi connectivity index (χ3n) is 4.54. The Morgan fingerprint density at radius 2 is 1.61 bits per heavy atom. The van der Waals surface area contributed by atoms with Gasteiger partial charge in [-0.2, -0.15) is 0 Å². The van der Waals surface area contributed by atoms with Crippen molar-refractivity contribution in [2.75, 3.05) is 11.9 Å². The predicted octanol–water partition coefficient (Wildman–Crippen LogP) is 6.58. The van der Waals surface area contributed by atoms with E-state index in [4.69, 9.17) is 4.74 Å². The first-order valence-electron chi connectivity index (χ1n) is 9.40. The standard InChI is InChI=1S/C24H24BrNO2/c1-3-28-22-14-12-21(13-15-22)26-23(18-8-10-20(25)11-9-18)16-24(27)19-6-4-17(2)5-7-19/h4-15,23,26H,3,16H2,1-2H3. The number of carbonyl (C=O) groups is 1. The van der Waals surface area contributed by atoms with Crippen molar-refractivity contribution in [3.63, 3.8) is 0 Å². The van der Waals surface area contributed by atoms with Gasteiger partial charge in [-0.05, 0) is 55.8 Å². The monoisotopic (exact) mass is 437 g/mol. The molecule has 0 aliphatic carbocycles. The van der Waals surface area contributed by atoms with Gasteiger partial charge in [-0.1, -0.05) is 57.9 Å². The lowest BCUT2D eigenvalue weighted by atomic mass is 9.97. The molecule has 0 saturated heterocycles. The zero-order valence-electron chi connectivity index (χ0n) is 16.1. The van der Waals surface area contributed by atoms with Gasteiger partial charge >= 0.3 is 0 Å². The summed E-state index contributed by atoms with van der Waals surface area (Å²) in [5.74, 6) is 0.954. The highest BCUT2D eigenvalue weighted by molar-refractivity contribution is 9.10. The van der Waals surface area contributed by atoms with Gasteiger partial charge in [-0.15, -0.1) is 0 Å². The molecule has 144 valence electrons. The minimum atomic E-state index is -0.125. The second-order valence-electron chi connectivity index (χ2n) is 6.70. The minimum absolute atomic E-state index is 0.117. The van der Waals surface area contributed by atoms with Crippen LogP contribution in [0, 0.1) is 6.92 Å². The topological polar surface area (TPSA) is 38.3 Å². The summed E-state index contributed by atoms with van der Waals surface area (Å²) in [6.45, 7) is 4.62. The molecule has 3 aromatic rings. The van der Waals surface area contributed by atoms with Crippen LogP contribution in [0.15, 0.2) is 77.3 Å². The first kappa shape index (κ1) is 20.2. The van der Waals surface area contributed by atoms with Gasteiger partial charge in [-0.3, -0.25) is 4.79 Å². The van der Waals surface area contributed by atoms with Crippen molar-refractivity contribution in [2.45, 2.75) is 26.3 Å². The van der Waals surface area contributed by atoms with Gasteiger partial charge in [-0.25, -0.2) is 0 Å². The van der Waals surface area contributed by atoms with Crippen LogP contribution in [0.1, 0.15) is 40.9 Å². The summed E-state index contributed by atoms with van der Waals surface area (Å²) < 4.78 is 6.52. The van der Waals surface area contributed by atoms with Crippen molar-refractivity contribution in [1.82, 2.24) is 0 Å². The molecular weight excluding hydrogens is 414 g/mol. The van der Waals surface area contributed by atoms with E-state index in [1.165, 1.54) is 0 Å². The zero-order chi connectivity index (χ0) is 19.9. The number of aryl methyl sites for hydroxylation is 1. The van der Waals surface area contributed by atoms with Gasteiger partial charge in [0.1, 0.15) is 5.75 Å². The van der Waals surface area contributed by atoms with Crippen LogP contribution in [0.3, 0.4) is 0 Å². The number of benzene rings is 3. The second-order valence-corrected chi connectivity index (χ2v) is 7.61. The molecule has 1 N–H and O–H groups in total. The summed E-state index contributed by atoms with van der Waals surface area (Å²) in [6, 6.07) is 23.5. The fourth-order valence-electron chi connectivity index (χ4n) is 3.01. The predicted molar refractivity (Wildman–Crippen MR) is 118 cm³/mol. The lowest BCUT2D eigenvalue weighted by Crippen LogP contribution is -2.16. The van der Waals surface area contributed by atoms with E-state index < -0.39 is 0 Å². The number of nitrogens with one attached hydrogen (secondary N) is 1. The smallest absolute Gasteiger partial charge is 0.165 e. The van der Waals surface area contributed by atoms with Crippen molar-refractivity contribution >= 4 is 27.4 Å². The van der Waals surface area contributed by atoms with Crippen molar-refractivity contribution in [2.24, 2.45) is 0 Å². The third-order valence-corrected chi connectivity index (χ3v) is 5.07. The molecular formula is C24H24BrNO2. The lowest BCUT2D eigenvalue weighted by molar-refractivity contribution is 0.0976. The number of halogens is 1. The van der Waals surface area contributed by atoms with E-state index in [2.05, 4.69) is 21.2 Å². The van der Waals surface area contributed by atoms with Crippen molar-refractivity contribution in [1.29, 1.82) is 0 Å². The fourth-order valence-corrected chi connectivity index (χ4v) is 3.27. The molecule has 0 fully saturated rings. The molecule has 3 rings (SSSR count). The largest absolute Gasteiger partial charge is 0.494 e. The summed E-state index contributed by atoms with van der Waals surface area (Å²) >= 11 is 3.48. The van der Waals surface area contributed by atoms with Gasteiger partial charge in [0.15, 0.2) is 5.78 Å². The Bertz CT molecular complexity index is 903. The molecule has 3 nitrogen and oxygen atoms in total. The maximum absolute atomic E-state index is 12.9. The number of hydrogen-bond donors (Lipinski definition) is 1. The number of Topliss-reactive ketones (excluding diaryl/α,β-unsaturated/α-hetero) is 1. The Kier molecular flexibility index (Phi) is 6.88. The minimum Gasteiger partial charge on any atom is -0.494 e. The molecule has 1 atom stereocenters. The van der Waals surface area contributed by atoms with Crippen LogP contribution in [-0.4, -0.2) is 12.4 Å². The van der Waals surface area contributed by atoms with Crippen molar-refractivity contribution < 1.29 is 9.53 Å². The molecule has 0 amide bonds. The molecule has 1 unspecified atom stereocenters. The molecule has 0 spiro atoms. The number of ketones is 1. The number of hydrogen-bond acceptors (Lipinski definition) is 3. The van der Waals surface area contributed by atoms with E-state index in [-0.39, 0.29) is 11.8 Å². The Labute approximate surface area is 174 Å². The average Bonchev–Trinajstić information content (AvgIpc) is 2.70. The molecule has 0 radical (unpaired) electrons. The molecule has 0 aliphatic rings. The van der Waals surface area contributed by atoms with Crippen LogP contribution in [0.4, 0.5) is 5.69 Å². The Morgan fingerprint density at radius 3 is 2.21 bits per heavy atom. The van der Waals surface area contributed by atoms with Gasteiger partial charge in [0.2, 0.25) is 0 Å². The summed E-state index contributed by atoms with van der Waals surface area (Å²) in [7, 11) is 0. The van der Waals surface area contributed by atoms with E-state index in [1.807, 2.05) is 86.6 Å². The molecule has 4 heteroatoms. The average molecular weight is 438 g/mol. The van der Waals surface area contributed by atoms with E-state index in [0.717, 1.165) is 32.6 Å². The quantitative estimate of drug-likeness (QED) is 0.404. The van der Waals surface area contributed by atoms with Crippen LogP contribution in [0.25, 0.3) is 0 Å². The Balaban J connectivity index is 1.81. The summed E-state index contributed by atoms with van der Waals surface area (Å²) in [4.78, 5) is 12.9. The first-order valence-corrected chi connectivity index (χ1v) is 10.2. The third kappa shape index (κ3) is 5.46. The Morgan fingerprint density at radius 1 is 0.964 bits per heavy atom. The van der Waals surface area contributed by atoms with Crippen LogP contribution in [0.2, 0.25) is 0 Å². The Hall–Kier alpha value is -2.59. The number of carbonyl (C=O) groups excluding carboxylic acids is 1. The molecule has 3 aromatic carbocycles. The fraction of sp³-hybridized carbons (Fsp3) is 0.208. The van der Waals surface area contributed by atoms with Gasteiger partial charge in [0.05, 0.1) is 12.6 Å². The number of anilines is 1. The molecule has 0 heterocycles. The number of ether oxygens (including phenoxy) is 1. The molecule has 28 heavy (non-hydrogen) atoms. The van der Waals surface area contributed by atoms with Gasteiger partial charge in [0.25, 0.3) is 0 Å². The lowest BCUT2D eigenvalue weighted by Gasteiger charge is -2.20. The molecule has 0 aliphatic heterocycles. The van der Waals surface area contributed by atoms with Gasteiger partial charge < -0.3 is 10.1 Å². The summed E-state index contributed by atoms with van der Waals surface area (Å²) in [6.07, 6.45) is 0.373. The molecule has 0 aromatic heterocycles. The van der Waals surface area contributed by atoms with Crippen LogP contribution < -0.4 is 10.1 Å². The maximum Gasteiger partial charge on any atom is 0.165 e. The van der Waals surface area contributed by atoms with Crippen molar-refractivity contribution in [3.05, 3.63) is 94.0 Å². The zero-order valence-corrected chi connectivity index (χ0v) is 17.7. The highest BCUT2D eigenvalue weighted by Gasteiger charge is 2.17. The van der Waals surface area contributed by atoms with Crippen LogP contribution in [0.5, 0.6) is 5.75 Å². The van der Waals surface area contributed by atoms with E-state index in [0.29, 0.717) is 13.0 Å². The second kappa shape index (κ2) is 9.56. The maximum atomic E-state index is 12.9. The first-order chi connectivity index (χ1) is 13.5. The SMILES string of the molecule is CCOc1ccc(NC(CC(=O)c2ccc(C)cc2)c2ccc(Br)cc2)cc1. The summed E-state index contributed by atoms with van der Waals surface area (Å²) in [5, 5.41) is 3.50. The highest BCUT2D eigenvalue weighted by atomic mass is 79.9. The number of rotatable bonds is 8. The summed E-state index contributed by atoms with van der Waals surface area (Å²) in [5.41, 5.74) is 3.90. The van der Waals surface area contributed by atoms with E-state index in [9.17, 15) is 4.79 Å². The van der Waals surface area contributed by atoms with Crippen LogP contribution >= 0.6 is 15.9 Å². The van der Waals surface area contributed by atoms with E-state index in [1.54, 1.807) is 0 Å². The highest BCUT2D eigenvalue weighted by Crippen LogP contribution is 2.27. The normalized spacial score (nSPS) is 11.7. The molecule has 0 saturated carbocycles. The molecule has 0 bridgehead atoms. The van der Waals surface area contributed by atoms with Crippen LogP contribution in [-0.2, 0) is 0 Å². The van der Waals surface area contributed by atoms with Gasteiger partial charge in [0, 0.05) is 22.1 Å².